The van der Waals surface area contributed by atoms with Crippen LogP contribution in [0.4, 0.5) is 10.2 Å². The summed E-state index contributed by atoms with van der Waals surface area (Å²) in [5.41, 5.74) is 6.94. The van der Waals surface area contributed by atoms with Gasteiger partial charge in [0.25, 0.3) is 0 Å². The fraction of sp³-hybridized carbons (Fsp3) is 0.400. The minimum Gasteiger partial charge on any atom is -0.380 e. The van der Waals surface area contributed by atoms with Gasteiger partial charge in [-0.3, -0.25) is 0 Å². The van der Waals surface area contributed by atoms with E-state index in [4.69, 9.17) is 26.6 Å². The van der Waals surface area contributed by atoms with Gasteiger partial charge in [0.15, 0.2) is 5.82 Å². The molecule has 0 radical (unpaired) electrons. The number of benzene rings is 1. The van der Waals surface area contributed by atoms with E-state index >= 15 is 0 Å². The molecular formula is C15H16ClFN2O2. The molecule has 1 heterocycles. The Kier molecular flexibility index (Phi) is 3.63. The third-order valence-corrected chi connectivity index (χ3v) is 4.48. The zero-order chi connectivity index (χ0) is 15.0. The molecule has 1 aromatic heterocycles. The number of nitrogens with zero attached hydrogens (tertiary/aromatic N) is 1. The summed E-state index contributed by atoms with van der Waals surface area (Å²) in [6.07, 6.45) is 3.65. The number of nitrogens with two attached hydrogens (primary N) is 1. The molecule has 0 aliphatic heterocycles. The number of nitrogen functional groups attached to an aromatic ring is 1. The van der Waals surface area contributed by atoms with E-state index in [9.17, 15) is 4.39 Å². The summed E-state index contributed by atoms with van der Waals surface area (Å²) in [4.78, 5) is 0. The largest absolute Gasteiger partial charge is 0.380 e. The van der Waals surface area contributed by atoms with Gasteiger partial charge in [0, 0.05) is 19.1 Å². The number of rotatable bonds is 4. The van der Waals surface area contributed by atoms with Crippen molar-refractivity contribution >= 4 is 17.4 Å². The first-order valence-electron chi connectivity index (χ1n) is 6.79. The summed E-state index contributed by atoms with van der Waals surface area (Å²) in [7, 11) is 1.70. The number of hydrogen-bond acceptors (Lipinski definition) is 4. The fourth-order valence-corrected chi connectivity index (χ4v) is 3.02. The maximum absolute atomic E-state index is 13.2. The molecular weight excluding hydrogens is 295 g/mol. The fourth-order valence-electron chi connectivity index (χ4n) is 2.76. The van der Waals surface area contributed by atoms with Gasteiger partial charge in [-0.25, -0.2) is 4.39 Å². The Morgan fingerprint density at radius 1 is 1.48 bits per heavy atom. The highest BCUT2D eigenvalue weighted by atomic mass is 35.5. The number of ether oxygens (including phenoxy) is 1. The summed E-state index contributed by atoms with van der Waals surface area (Å²) in [6.45, 7) is 0. The van der Waals surface area contributed by atoms with Gasteiger partial charge in [0.1, 0.15) is 11.6 Å². The molecule has 0 spiro atoms. The molecule has 21 heavy (non-hydrogen) atoms. The van der Waals surface area contributed by atoms with Crippen LogP contribution in [0.3, 0.4) is 0 Å². The van der Waals surface area contributed by atoms with Gasteiger partial charge >= 0.3 is 0 Å². The van der Waals surface area contributed by atoms with Crippen molar-refractivity contribution in [3.05, 3.63) is 34.8 Å². The Balaban J connectivity index is 2.01. The van der Waals surface area contributed by atoms with Crippen molar-refractivity contribution in [3.63, 3.8) is 0 Å². The summed E-state index contributed by atoms with van der Waals surface area (Å²) in [5, 5.41) is 4.11. The number of hydrogen-bond donors (Lipinski definition) is 1. The van der Waals surface area contributed by atoms with Gasteiger partial charge in [-0.05, 0) is 37.5 Å². The Bertz CT molecular complexity index is 662. The van der Waals surface area contributed by atoms with E-state index in [1.54, 1.807) is 13.2 Å². The Labute approximate surface area is 127 Å². The van der Waals surface area contributed by atoms with Gasteiger partial charge < -0.3 is 15.0 Å². The molecule has 0 atom stereocenters. The van der Waals surface area contributed by atoms with Crippen molar-refractivity contribution in [1.29, 1.82) is 0 Å². The van der Waals surface area contributed by atoms with Crippen molar-refractivity contribution in [1.82, 2.24) is 5.16 Å². The lowest BCUT2D eigenvalue weighted by atomic mass is 9.76. The molecule has 2 aromatic rings. The van der Waals surface area contributed by atoms with Gasteiger partial charge in [0.05, 0.1) is 16.2 Å². The van der Waals surface area contributed by atoms with Crippen LogP contribution in [0.2, 0.25) is 5.02 Å². The Hall–Kier alpha value is -1.59. The number of anilines is 1. The molecule has 0 bridgehead atoms. The smallest absolute Gasteiger partial charge is 0.175 e. The van der Waals surface area contributed by atoms with E-state index in [1.165, 1.54) is 12.1 Å². The van der Waals surface area contributed by atoms with Crippen molar-refractivity contribution in [2.75, 3.05) is 12.8 Å². The monoisotopic (exact) mass is 310 g/mol. The molecule has 1 aromatic carbocycles. The second-order valence-corrected chi connectivity index (χ2v) is 5.81. The van der Waals surface area contributed by atoms with Crippen LogP contribution in [0, 0.1) is 5.82 Å². The molecule has 1 aliphatic carbocycles. The highest BCUT2D eigenvalue weighted by Crippen LogP contribution is 2.42. The predicted octanol–water partition coefficient (Wildman–Crippen LogP) is 3.83. The lowest BCUT2D eigenvalue weighted by molar-refractivity contribution is -0.0742. The van der Waals surface area contributed by atoms with Crippen LogP contribution in [0.25, 0.3) is 11.1 Å². The average Bonchev–Trinajstić information content (AvgIpc) is 2.75. The number of aromatic nitrogens is 1. The van der Waals surface area contributed by atoms with Crippen molar-refractivity contribution < 1.29 is 13.7 Å². The first-order valence-corrected chi connectivity index (χ1v) is 7.17. The Morgan fingerprint density at radius 2 is 2.24 bits per heavy atom. The standard InChI is InChI=1S/C15H16ClFN2O2/c1-20-15(5-2-6-15)8-12-13(14(18)19-21-12)10-4-3-9(17)7-11(10)16/h3-4,7H,2,5-6,8H2,1H3,(H2,18,19). The van der Waals surface area contributed by atoms with Gasteiger partial charge in [-0.1, -0.05) is 16.8 Å². The van der Waals surface area contributed by atoms with E-state index in [0.29, 0.717) is 23.3 Å². The first-order chi connectivity index (χ1) is 10.0. The van der Waals surface area contributed by atoms with Crippen molar-refractivity contribution in [2.24, 2.45) is 0 Å². The second kappa shape index (κ2) is 5.31. The minimum absolute atomic E-state index is 0.215. The normalized spacial score (nSPS) is 16.7. The third kappa shape index (κ3) is 2.51. The molecule has 0 amide bonds. The highest BCUT2D eigenvalue weighted by Gasteiger charge is 2.39. The SMILES string of the molecule is COC1(Cc2onc(N)c2-c2ccc(F)cc2Cl)CCC1. The molecule has 1 saturated carbocycles. The maximum atomic E-state index is 13.2. The Morgan fingerprint density at radius 3 is 2.81 bits per heavy atom. The van der Waals surface area contributed by atoms with E-state index in [-0.39, 0.29) is 16.4 Å². The average molecular weight is 311 g/mol. The van der Waals surface area contributed by atoms with Crippen molar-refractivity contribution in [3.8, 4) is 11.1 Å². The van der Waals surface area contributed by atoms with E-state index < -0.39 is 5.82 Å². The number of halogens is 2. The second-order valence-electron chi connectivity index (χ2n) is 5.41. The molecule has 112 valence electrons. The molecule has 2 N–H and O–H groups in total. The van der Waals surface area contributed by atoms with Gasteiger partial charge in [-0.2, -0.15) is 0 Å². The van der Waals surface area contributed by atoms with E-state index in [1.807, 2.05) is 0 Å². The van der Waals surface area contributed by atoms with Crippen LogP contribution in [0.15, 0.2) is 22.7 Å². The zero-order valence-corrected chi connectivity index (χ0v) is 12.4. The van der Waals surface area contributed by atoms with Crippen LogP contribution < -0.4 is 5.73 Å². The van der Waals surface area contributed by atoms with Gasteiger partial charge in [-0.15, -0.1) is 0 Å². The topological polar surface area (TPSA) is 61.3 Å². The van der Waals surface area contributed by atoms with Crippen LogP contribution in [-0.4, -0.2) is 17.9 Å². The molecule has 1 aliphatic rings. The number of methoxy groups -OCH3 is 1. The highest BCUT2D eigenvalue weighted by molar-refractivity contribution is 6.33. The molecule has 3 rings (SSSR count). The zero-order valence-electron chi connectivity index (χ0n) is 11.7. The van der Waals surface area contributed by atoms with Crippen molar-refractivity contribution in [2.45, 2.75) is 31.3 Å². The lowest BCUT2D eigenvalue weighted by Crippen LogP contribution is -2.41. The summed E-state index contributed by atoms with van der Waals surface area (Å²) in [5.74, 6) is 0.485. The van der Waals surface area contributed by atoms with Crippen LogP contribution in [-0.2, 0) is 11.2 Å². The lowest BCUT2D eigenvalue weighted by Gasteiger charge is -2.39. The van der Waals surface area contributed by atoms with Gasteiger partial charge in [0.2, 0.25) is 0 Å². The maximum Gasteiger partial charge on any atom is 0.175 e. The van der Waals surface area contributed by atoms with Crippen LogP contribution in [0.1, 0.15) is 25.0 Å². The quantitative estimate of drug-likeness (QED) is 0.932. The molecule has 6 heteroatoms. The van der Waals surface area contributed by atoms with Crippen LogP contribution >= 0.6 is 11.6 Å². The first kappa shape index (κ1) is 14.4. The molecule has 0 unspecified atom stereocenters. The predicted molar refractivity (Wildman–Crippen MR) is 78.6 cm³/mol. The molecule has 1 fully saturated rings. The summed E-state index contributed by atoms with van der Waals surface area (Å²) < 4.78 is 24.2. The molecule has 4 nitrogen and oxygen atoms in total. The van der Waals surface area contributed by atoms with Crippen LogP contribution in [0.5, 0.6) is 0 Å². The van der Waals surface area contributed by atoms with E-state index in [0.717, 1.165) is 19.3 Å². The summed E-state index contributed by atoms with van der Waals surface area (Å²) >= 11 is 6.12. The minimum atomic E-state index is -0.396. The summed E-state index contributed by atoms with van der Waals surface area (Å²) in [6, 6.07) is 4.18. The third-order valence-electron chi connectivity index (χ3n) is 4.17. The van der Waals surface area contributed by atoms with E-state index in [2.05, 4.69) is 5.16 Å². The molecule has 0 saturated heterocycles.